The van der Waals surface area contributed by atoms with Crippen LogP contribution in [-0.2, 0) is 12.8 Å². The molecule has 1 atom stereocenters. The number of halogens is 3. The second kappa shape index (κ2) is 7.25. The van der Waals surface area contributed by atoms with Crippen molar-refractivity contribution in [3.05, 3.63) is 62.8 Å². The third kappa shape index (κ3) is 4.43. The predicted octanol–water partition coefficient (Wildman–Crippen LogP) is 4.40. The fourth-order valence-corrected chi connectivity index (χ4v) is 2.95. The zero-order chi connectivity index (χ0) is 15.4. The van der Waals surface area contributed by atoms with Gasteiger partial charge in [0.05, 0.1) is 17.7 Å². The molecular weight excluding hydrogens is 359 g/mol. The highest BCUT2D eigenvalue weighted by Crippen LogP contribution is 2.26. The van der Waals surface area contributed by atoms with Gasteiger partial charge in [-0.25, -0.2) is 4.39 Å². The Balaban J connectivity index is 2.04. The fourth-order valence-electron chi connectivity index (χ4n) is 2.12. The van der Waals surface area contributed by atoms with Crippen molar-refractivity contribution in [2.75, 3.05) is 7.11 Å². The molecule has 0 aliphatic rings. The van der Waals surface area contributed by atoms with Crippen molar-refractivity contribution in [3.63, 3.8) is 0 Å². The van der Waals surface area contributed by atoms with Crippen LogP contribution in [0.15, 0.2) is 40.9 Å². The van der Waals surface area contributed by atoms with Gasteiger partial charge >= 0.3 is 0 Å². The van der Waals surface area contributed by atoms with Gasteiger partial charge in [-0.2, -0.15) is 0 Å². The molecule has 2 rings (SSSR count). The third-order valence-corrected chi connectivity index (χ3v) is 4.13. The van der Waals surface area contributed by atoms with E-state index in [2.05, 4.69) is 15.9 Å². The van der Waals surface area contributed by atoms with E-state index in [0.717, 1.165) is 21.3 Å². The van der Waals surface area contributed by atoms with Crippen molar-refractivity contribution >= 4 is 27.5 Å². The second-order valence-electron chi connectivity index (χ2n) is 4.77. The summed E-state index contributed by atoms with van der Waals surface area (Å²) in [6, 6.07) is 9.86. The van der Waals surface area contributed by atoms with Crippen LogP contribution >= 0.6 is 27.5 Å². The Hall–Kier alpha value is -1.10. The van der Waals surface area contributed by atoms with Gasteiger partial charge < -0.3 is 9.84 Å². The molecule has 1 unspecified atom stereocenters. The smallest absolute Gasteiger partial charge is 0.133 e. The van der Waals surface area contributed by atoms with Crippen LogP contribution in [0.2, 0.25) is 5.02 Å². The fraction of sp³-hybridized carbons (Fsp3) is 0.250. The predicted molar refractivity (Wildman–Crippen MR) is 85.5 cm³/mol. The first-order valence-electron chi connectivity index (χ1n) is 6.44. The summed E-state index contributed by atoms with van der Waals surface area (Å²) in [5.74, 6) is 0.368. The normalized spacial score (nSPS) is 12.2. The van der Waals surface area contributed by atoms with Crippen molar-refractivity contribution in [2.24, 2.45) is 0 Å². The molecule has 2 aromatic carbocycles. The molecule has 0 saturated heterocycles. The van der Waals surface area contributed by atoms with Gasteiger partial charge in [-0.05, 0) is 57.7 Å². The number of aliphatic hydroxyl groups excluding tert-OH is 1. The van der Waals surface area contributed by atoms with Gasteiger partial charge in [-0.1, -0.05) is 23.7 Å². The van der Waals surface area contributed by atoms with Crippen molar-refractivity contribution in [1.82, 2.24) is 0 Å². The summed E-state index contributed by atoms with van der Waals surface area (Å²) in [6.07, 6.45) is 0.271. The van der Waals surface area contributed by atoms with Gasteiger partial charge in [0.25, 0.3) is 0 Å². The molecule has 0 heterocycles. The molecule has 0 saturated carbocycles. The van der Waals surface area contributed by atoms with Crippen LogP contribution in [0.1, 0.15) is 11.1 Å². The lowest BCUT2D eigenvalue weighted by Gasteiger charge is -2.13. The Labute approximate surface area is 136 Å². The van der Waals surface area contributed by atoms with Gasteiger partial charge in [-0.15, -0.1) is 0 Å². The van der Waals surface area contributed by atoms with Crippen LogP contribution in [0.5, 0.6) is 5.75 Å². The van der Waals surface area contributed by atoms with Crippen LogP contribution in [0.4, 0.5) is 4.39 Å². The highest BCUT2D eigenvalue weighted by Gasteiger charge is 2.11. The van der Waals surface area contributed by atoms with E-state index in [-0.39, 0.29) is 5.82 Å². The number of hydrogen-bond acceptors (Lipinski definition) is 2. The van der Waals surface area contributed by atoms with Gasteiger partial charge in [0.15, 0.2) is 0 Å². The summed E-state index contributed by atoms with van der Waals surface area (Å²) >= 11 is 9.38. The summed E-state index contributed by atoms with van der Waals surface area (Å²) in [4.78, 5) is 0. The van der Waals surface area contributed by atoms with Crippen molar-refractivity contribution in [3.8, 4) is 5.75 Å². The second-order valence-corrected chi connectivity index (χ2v) is 6.03. The van der Waals surface area contributed by atoms with Crippen LogP contribution < -0.4 is 4.74 Å². The lowest BCUT2D eigenvalue weighted by molar-refractivity contribution is 0.175. The first-order chi connectivity index (χ1) is 9.99. The van der Waals surface area contributed by atoms with E-state index in [0.29, 0.717) is 17.9 Å². The quantitative estimate of drug-likeness (QED) is 0.842. The molecule has 21 heavy (non-hydrogen) atoms. The van der Waals surface area contributed by atoms with E-state index in [1.54, 1.807) is 13.2 Å². The summed E-state index contributed by atoms with van der Waals surface area (Å²) in [6.45, 7) is 0. The third-order valence-electron chi connectivity index (χ3n) is 3.16. The molecule has 0 amide bonds. The molecule has 0 fully saturated rings. The Kier molecular flexibility index (Phi) is 5.62. The molecule has 1 N–H and O–H groups in total. The molecule has 2 aromatic rings. The van der Waals surface area contributed by atoms with Gasteiger partial charge in [0.2, 0.25) is 0 Å². The lowest BCUT2D eigenvalue weighted by Crippen LogP contribution is -2.14. The maximum atomic E-state index is 13.0. The largest absolute Gasteiger partial charge is 0.496 e. The Morgan fingerprint density at radius 1 is 1.24 bits per heavy atom. The van der Waals surface area contributed by atoms with Crippen LogP contribution in [0, 0.1) is 5.82 Å². The molecule has 0 aliphatic carbocycles. The maximum Gasteiger partial charge on any atom is 0.133 e. The minimum Gasteiger partial charge on any atom is -0.496 e. The minimum absolute atomic E-state index is 0.338. The van der Waals surface area contributed by atoms with Crippen LogP contribution in [0.3, 0.4) is 0 Å². The molecule has 5 heteroatoms. The van der Waals surface area contributed by atoms with E-state index >= 15 is 0 Å². The number of methoxy groups -OCH3 is 1. The van der Waals surface area contributed by atoms with E-state index in [9.17, 15) is 9.50 Å². The van der Waals surface area contributed by atoms with E-state index in [1.807, 2.05) is 18.2 Å². The number of ether oxygens (including phenoxy) is 1. The molecule has 0 aromatic heterocycles. The van der Waals surface area contributed by atoms with Gasteiger partial charge in [0.1, 0.15) is 11.6 Å². The average molecular weight is 374 g/mol. The first kappa shape index (κ1) is 16.3. The van der Waals surface area contributed by atoms with E-state index in [4.69, 9.17) is 16.3 Å². The van der Waals surface area contributed by atoms with Crippen LogP contribution in [0.25, 0.3) is 0 Å². The highest BCUT2D eigenvalue weighted by molar-refractivity contribution is 9.10. The lowest BCUT2D eigenvalue weighted by atomic mass is 10.0. The summed E-state index contributed by atoms with van der Waals surface area (Å²) < 4.78 is 19.0. The Morgan fingerprint density at radius 2 is 2.00 bits per heavy atom. The highest BCUT2D eigenvalue weighted by atomic mass is 79.9. The molecular formula is C16H15BrClFO2. The Bertz CT molecular complexity index is 634. The van der Waals surface area contributed by atoms with Crippen molar-refractivity contribution in [1.29, 1.82) is 0 Å². The maximum absolute atomic E-state index is 13.0. The van der Waals surface area contributed by atoms with E-state index in [1.165, 1.54) is 12.1 Å². The minimum atomic E-state index is -0.590. The average Bonchev–Trinajstić information content (AvgIpc) is 2.42. The molecule has 2 nitrogen and oxygen atoms in total. The Morgan fingerprint density at radius 3 is 2.62 bits per heavy atom. The van der Waals surface area contributed by atoms with Crippen molar-refractivity contribution < 1.29 is 14.2 Å². The van der Waals surface area contributed by atoms with Gasteiger partial charge in [-0.3, -0.25) is 0 Å². The molecule has 0 spiro atoms. The van der Waals surface area contributed by atoms with E-state index < -0.39 is 6.10 Å². The standard InChI is InChI=1S/C16H15BrClFO2/c1-21-16-5-2-10(7-14(16)17)6-13(20)8-11-3-4-12(19)9-15(11)18/h2-5,7,9,13,20H,6,8H2,1H3. The first-order valence-corrected chi connectivity index (χ1v) is 7.61. The number of rotatable bonds is 5. The monoisotopic (exact) mass is 372 g/mol. The summed E-state index contributed by atoms with van der Waals surface area (Å²) in [5, 5.41) is 10.5. The molecule has 0 bridgehead atoms. The number of hydrogen-bond donors (Lipinski definition) is 1. The zero-order valence-electron chi connectivity index (χ0n) is 11.4. The summed E-state index contributed by atoms with van der Waals surface area (Å²) in [7, 11) is 1.60. The van der Waals surface area contributed by atoms with Crippen LogP contribution in [-0.4, -0.2) is 18.3 Å². The molecule has 112 valence electrons. The zero-order valence-corrected chi connectivity index (χ0v) is 13.8. The topological polar surface area (TPSA) is 29.5 Å². The van der Waals surface area contributed by atoms with Crippen molar-refractivity contribution in [2.45, 2.75) is 18.9 Å². The van der Waals surface area contributed by atoms with Gasteiger partial charge in [0, 0.05) is 11.4 Å². The SMILES string of the molecule is COc1ccc(CC(O)Cc2ccc(F)cc2Cl)cc1Br. The number of benzene rings is 2. The molecule has 0 radical (unpaired) electrons. The molecule has 0 aliphatic heterocycles. The number of aliphatic hydroxyl groups is 1. The summed E-state index contributed by atoms with van der Waals surface area (Å²) in [5.41, 5.74) is 1.71.